The zero-order valence-electron chi connectivity index (χ0n) is 17.7. The maximum absolute atomic E-state index is 12.6. The van der Waals surface area contributed by atoms with Gasteiger partial charge in [-0.1, -0.05) is 13.0 Å². The lowest BCUT2D eigenvalue weighted by molar-refractivity contribution is -0.120. The molecule has 0 aliphatic heterocycles. The van der Waals surface area contributed by atoms with E-state index in [0.717, 1.165) is 0 Å². The zero-order valence-corrected chi connectivity index (χ0v) is 18.5. The van der Waals surface area contributed by atoms with Crippen LogP contribution in [0, 0.1) is 5.92 Å². The Labute approximate surface area is 174 Å². The Hall–Kier alpha value is -1.93. The molecule has 1 unspecified atom stereocenters. The van der Waals surface area contributed by atoms with E-state index in [2.05, 4.69) is 15.4 Å². The van der Waals surface area contributed by atoms with Gasteiger partial charge in [-0.25, -0.2) is 13.1 Å². The van der Waals surface area contributed by atoms with E-state index in [1.54, 1.807) is 31.2 Å². The molecule has 2 amide bonds. The molecule has 29 heavy (non-hydrogen) atoms. The number of carbonyl (C=O) groups is 2. The van der Waals surface area contributed by atoms with Crippen LogP contribution in [0.3, 0.4) is 0 Å². The molecule has 1 aliphatic rings. The van der Waals surface area contributed by atoms with E-state index in [1.807, 2.05) is 20.8 Å². The molecule has 1 aromatic rings. The van der Waals surface area contributed by atoms with Crippen molar-refractivity contribution in [3.8, 4) is 0 Å². The largest absolute Gasteiger partial charge is 0.350 e. The molecule has 2 rings (SSSR count). The minimum absolute atomic E-state index is 0.0358. The van der Waals surface area contributed by atoms with Crippen LogP contribution in [0.1, 0.15) is 70.2 Å². The second-order valence-corrected chi connectivity index (χ2v) is 10.3. The summed E-state index contributed by atoms with van der Waals surface area (Å²) >= 11 is 0. The first-order valence-electron chi connectivity index (χ1n) is 10.3. The Kier molecular flexibility index (Phi) is 8.22. The van der Waals surface area contributed by atoms with Gasteiger partial charge in [0.2, 0.25) is 15.9 Å². The second kappa shape index (κ2) is 10.2. The van der Waals surface area contributed by atoms with Gasteiger partial charge in [0.1, 0.15) is 0 Å². The number of benzene rings is 1. The molecule has 0 bridgehead atoms. The number of hydrogen-bond acceptors (Lipinski definition) is 4. The number of hydrogen-bond donors (Lipinski definition) is 3. The lowest BCUT2D eigenvalue weighted by atomic mass is 9.86. The van der Waals surface area contributed by atoms with Crippen LogP contribution < -0.4 is 15.4 Å². The summed E-state index contributed by atoms with van der Waals surface area (Å²) in [5.41, 5.74) is 1.09. The van der Waals surface area contributed by atoms with Crippen molar-refractivity contribution in [2.45, 2.75) is 77.1 Å². The van der Waals surface area contributed by atoms with E-state index in [0.29, 0.717) is 43.4 Å². The Balaban J connectivity index is 1.89. The molecule has 3 N–H and O–H groups in total. The third-order valence-corrected chi connectivity index (χ3v) is 7.40. The highest BCUT2D eigenvalue weighted by Crippen LogP contribution is 2.26. The lowest BCUT2D eigenvalue weighted by Crippen LogP contribution is -2.42. The van der Waals surface area contributed by atoms with Gasteiger partial charge < -0.3 is 10.6 Å². The van der Waals surface area contributed by atoms with E-state index in [-0.39, 0.29) is 29.8 Å². The molecule has 1 aromatic carbocycles. The molecule has 1 fully saturated rings. The van der Waals surface area contributed by atoms with Gasteiger partial charge in [0.15, 0.2) is 0 Å². The van der Waals surface area contributed by atoms with Gasteiger partial charge in [-0.15, -0.1) is 0 Å². The maximum atomic E-state index is 12.6. The van der Waals surface area contributed by atoms with Gasteiger partial charge in [-0.05, 0) is 71.1 Å². The fraction of sp³-hybridized carbons (Fsp3) is 0.619. The summed E-state index contributed by atoms with van der Waals surface area (Å²) in [5.74, 6) is -0.424. The van der Waals surface area contributed by atoms with Gasteiger partial charge in [0, 0.05) is 29.3 Å². The first-order chi connectivity index (χ1) is 13.6. The predicted octanol–water partition coefficient (Wildman–Crippen LogP) is 3.04. The Bertz CT molecular complexity index is 815. The smallest absolute Gasteiger partial charge is 0.251 e. The molecule has 7 nitrogen and oxygen atoms in total. The van der Waals surface area contributed by atoms with E-state index in [1.165, 1.54) is 0 Å². The monoisotopic (exact) mass is 423 g/mol. The SMILES string of the molecule is CCC(C)S(=O)(=O)N[C@H]1CC[C@H](C(=O)Nc2cccc(C(=O)NC(C)C)c2)CC1. The normalized spacial score (nSPS) is 20.9. The number of sulfonamides is 1. The van der Waals surface area contributed by atoms with Crippen molar-refractivity contribution < 1.29 is 18.0 Å². The standard InChI is InChI=1S/C21H33N3O4S/c1-5-15(4)29(27,28)24-18-11-9-16(10-12-18)20(25)23-19-8-6-7-17(13-19)21(26)22-14(2)3/h6-8,13-16,18,24H,5,9-12H2,1-4H3,(H,22,26)(H,23,25)/t15?,16-,18-. The van der Waals surface area contributed by atoms with Crippen LogP contribution in [0.5, 0.6) is 0 Å². The third kappa shape index (κ3) is 6.82. The van der Waals surface area contributed by atoms with Crippen LogP contribution >= 0.6 is 0 Å². The third-order valence-electron chi connectivity index (χ3n) is 5.35. The summed E-state index contributed by atoms with van der Waals surface area (Å²) in [6.45, 7) is 7.34. The van der Waals surface area contributed by atoms with E-state index < -0.39 is 15.3 Å². The summed E-state index contributed by atoms with van der Waals surface area (Å²) in [6, 6.07) is 6.81. The molecule has 0 heterocycles. The van der Waals surface area contributed by atoms with Crippen molar-refractivity contribution in [3.05, 3.63) is 29.8 Å². The van der Waals surface area contributed by atoms with Crippen LogP contribution in [0.4, 0.5) is 5.69 Å². The average molecular weight is 424 g/mol. The number of nitrogens with one attached hydrogen (secondary N) is 3. The van der Waals surface area contributed by atoms with Crippen molar-refractivity contribution in [1.29, 1.82) is 0 Å². The van der Waals surface area contributed by atoms with E-state index in [4.69, 9.17) is 0 Å². The summed E-state index contributed by atoms with van der Waals surface area (Å²) in [5, 5.41) is 5.31. The molecule has 1 saturated carbocycles. The van der Waals surface area contributed by atoms with Gasteiger partial charge in [-0.3, -0.25) is 9.59 Å². The Morgan fingerprint density at radius 1 is 1.10 bits per heavy atom. The van der Waals surface area contributed by atoms with Gasteiger partial charge >= 0.3 is 0 Å². The Morgan fingerprint density at radius 3 is 2.34 bits per heavy atom. The summed E-state index contributed by atoms with van der Waals surface area (Å²) in [4.78, 5) is 24.8. The van der Waals surface area contributed by atoms with Crippen molar-refractivity contribution in [1.82, 2.24) is 10.0 Å². The molecule has 162 valence electrons. The van der Waals surface area contributed by atoms with Crippen molar-refractivity contribution in [2.75, 3.05) is 5.32 Å². The van der Waals surface area contributed by atoms with Crippen LogP contribution in [0.2, 0.25) is 0 Å². The van der Waals surface area contributed by atoms with Gasteiger partial charge in [0.25, 0.3) is 5.91 Å². The minimum atomic E-state index is -3.31. The van der Waals surface area contributed by atoms with Gasteiger partial charge in [0.05, 0.1) is 5.25 Å². The summed E-state index contributed by atoms with van der Waals surface area (Å²) < 4.78 is 27.2. The van der Waals surface area contributed by atoms with Crippen LogP contribution in [0.15, 0.2) is 24.3 Å². The molecule has 0 spiro atoms. The highest BCUT2D eigenvalue weighted by atomic mass is 32.2. The average Bonchev–Trinajstić information content (AvgIpc) is 2.67. The van der Waals surface area contributed by atoms with Crippen molar-refractivity contribution >= 4 is 27.5 Å². The molecular formula is C21H33N3O4S. The van der Waals surface area contributed by atoms with Crippen LogP contribution in [-0.4, -0.2) is 37.6 Å². The summed E-state index contributed by atoms with van der Waals surface area (Å²) in [6.07, 6.45) is 3.12. The zero-order chi connectivity index (χ0) is 21.6. The molecule has 1 atom stereocenters. The van der Waals surface area contributed by atoms with Crippen molar-refractivity contribution in [3.63, 3.8) is 0 Å². The Morgan fingerprint density at radius 2 is 1.76 bits per heavy atom. The quantitative estimate of drug-likeness (QED) is 0.598. The van der Waals surface area contributed by atoms with Crippen LogP contribution in [-0.2, 0) is 14.8 Å². The van der Waals surface area contributed by atoms with Gasteiger partial charge in [-0.2, -0.15) is 0 Å². The first-order valence-corrected chi connectivity index (χ1v) is 11.9. The van der Waals surface area contributed by atoms with E-state index in [9.17, 15) is 18.0 Å². The molecule has 8 heteroatoms. The predicted molar refractivity (Wildman–Crippen MR) is 115 cm³/mol. The van der Waals surface area contributed by atoms with E-state index >= 15 is 0 Å². The molecule has 0 aromatic heterocycles. The van der Waals surface area contributed by atoms with Crippen molar-refractivity contribution in [2.24, 2.45) is 5.92 Å². The molecule has 0 radical (unpaired) electrons. The fourth-order valence-corrected chi connectivity index (χ4v) is 4.74. The summed E-state index contributed by atoms with van der Waals surface area (Å²) in [7, 11) is -3.31. The molecule has 0 saturated heterocycles. The first kappa shape index (κ1) is 23.3. The minimum Gasteiger partial charge on any atom is -0.350 e. The highest BCUT2D eigenvalue weighted by Gasteiger charge is 2.30. The number of rotatable bonds is 8. The topological polar surface area (TPSA) is 104 Å². The second-order valence-electron chi connectivity index (χ2n) is 8.13. The number of amides is 2. The highest BCUT2D eigenvalue weighted by molar-refractivity contribution is 7.90. The van der Waals surface area contributed by atoms with Crippen LogP contribution in [0.25, 0.3) is 0 Å². The number of carbonyl (C=O) groups excluding carboxylic acids is 2. The maximum Gasteiger partial charge on any atom is 0.251 e. The lowest BCUT2D eigenvalue weighted by Gasteiger charge is -2.29. The molecular weight excluding hydrogens is 390 g/mol. The molecule has 1 aliphatic carbocycles. The fourth-order valence-electron chi connectivity index (χ4n) is 3.37. The number of anilines is 1.